The van der Waals surface area contributed by atoms with E-state index in [-0.39, 0.29) is 0 Å². The first-order chi connectivity index (χ1) is 13.7. The van der Waals surface area contributed by atoms with Crippen molar-refractivity contribution in [2.45, 2.75) is 51.2 Å². The summed E-state index contributed by atoms with van der Waals surface area (Å²) in [4.78, 5) is 24.5. The second-order valence-corrected chi connectivity index (χ2v) is 9.64. The summed E-state index contributed by atoms with van der Waals surface area (Å²) in [6.45, 7) is 13.1. The van der Waals surface area contributed by atoms with Gasteiger partial charge in [0.15, 0.2) is 5.96 Å². The Morgan fingerprint density at radius 1 is 1.07 bits per heavy atom. The molecule has 7 heteroatoms. The van der Waals surface area contributed by atoms with E-state index in [4.69, 9.17) is 4.99 Å². The monoisotopic (exact) mass is 409 g/mol. The summed E-state index contributed by atoms with van der Waals surface area (Å²) in [7, 11) is 0. The van der Waals surface area contributed by atoms with Gasteiger partial charge in [0.05, 0.1) is 6.54 Å². The number of rotatable bonds is 6. The summed E-state index contributed by atoms with van der Waals surface area (Å²) in [5.74, 6) is 3.00. The van der Waals surface area contributed by atoms with Gasteiger partial charge >= 0.3 is 0 Å². The summed E-state index contributed by atoms with van der Waals surface area (Å²) in [6, 6.07) is 0. The second-order valence-electron chi connectivity index (χ2n) is 8.23. The number of hydrogen-bond acceptors (Lipinski definition) is 4. The lowest BCUT2D eigenvalue weighted by molar-refractivity contribution is -0.137. The molecule has 3 fully saturated rings. The molecule has 6 nitrogen and oxygen atoms in total. The lowest BCUT2D eigenvalue weighted by atomic mass is 10.1. The molecule has 3 rings (SSSR count). The molecule has 0 spiro atoms. The zero-order valence-electron chi connectivity index (χ0n) is 17.9. The normalized spacial score (nSPS) is 25.4. The molecule has 0 radical (unpaired) electrons. The summed E-state index contributed by atoms with van der Waals surface area (Å²) >= 11 is 2.10. The number of guanidine groups is 1. The molecule has 0 aromatic rings. The fourth-order valence-electron chi connectivity index (χ4n) is 4.50. The fraction of sp³-hybridized carbons (Fsp3) is 0.905. The van der Waals surface area contributed by atoms with Crippen molar-refractivity contribution in [2.75, 3.05) is 64.7 Å². The van der Waals surface area contributed by atoms with Gasteiger partial charge < -0.3 is 15.1 Å². The number of piperazine rings is 1. The summed E-state index contributed by atoms with van der Waals surface area (Å²) in [6.07, 6.45) is 5.91. The van der Waals surface area contributed by atoms with Crippen LogP contribution in [0.5, 0.6) is 0 Å². The third-order valence-corrected chi connectivity index (χ3v) is 7.67. The lowest BCUT2D eigenvalue weighted by Crippen LogP contribution is -2.51. The van der Waals surface area contributed by atoms with Gasteiger partial charge in [0.25, 0.3) is 0 Å². The van der Waals surface area contributed by atoms with E-state index < -0.39 is 0 Å². The van der Waals surface area contributed by atoms with Crippen LogP contribution in [0.2, 0.25) is 0 Å². The first kappa shape index (κ1) is 21.8. The average molecular weight is 410 g/mol. The minimum atomic E-state index is 0.313. The molecule has 2 aliphatic heterocycles. The van der Waals surface area contributed by atoms with E-state index in [1.807, 2.05) is 0 Å². The van der Waals surface area contributed by atoms with Crippen LogP contribution in [0.4, 0.5) is 0 Å². The van der Waals surface area contributed by atoms with Gasteiger partial charge in [-0.15, -0.1) is 0 Å². The van der Waals surface area contributed by atoms with Crippen molar-refractivity contribution >= 4 is 23.6 Å². The largest absolute Gasteiger partial charge is 0.357 e. The quantitative estimate of drug-likeness (QED) is 0.538. The van der Waals surface area contributed by atoms with Gasteiger partial charge in [0.2, 0.25) is 5.91 Å². The van der Waals surface area contributed by atoms with Crippen LogP contribution >= 0.6 is 11.8 Å². The Labute approximate surface area is 175 Å². The van der Waals surface area contributed by atoms with Gasteiger partial charge in [0, 0.05) is 69.3 Å². The highest BCUT2D eigenvalue weighted by atomic mass is 32.2. The molecule has 1 aliphatic carbocycles. The van der Waals surface area contributed by atoms with Crippen LogP contribution in [0.15, 0.2) is 4.99 Å². The van der Waals surface area contributed by atoms with Gasteiger partial charge in [-0.1, -0.05) is 19.8 Å². The molecular formula is C21H39N5OS. The Hall–Kier alpha value is -0.950. The lowest BCUT2D eigenvalue weighted by Gasteiger charge is -2.36. The molecule has 1 N–H and O–H groups in total. The smallest absolute Gasteiger partial charge is 0.225 e. The van der Waals surface area contributed by atoms with E-state index in [1.165, 1.54) is 25.0 Å². The van der Waals surface area contributed by atoms with Crippen LogP contribution in [0.25, 0.3) is 0 Å². The van der Waals surface area contributed by atoms with Crippen LogP contribution in [0, 0.1) is 5.92 Å². The third kappa shape index (κ3) is 6.02. The van der Waals surface area contributed by atoms with Gasteiger partial charge in [-0.05, 0) is 26.2 Å². The number of carbonyl (C=O) groups is 1. The first-order valence-electron chi connectivity index (χ1n) is 11.4. The Morgan fingerprint density at radius 3 is 2.50 bits per heavy atom. The van der Waals surface area contributed by atoms with Crippen molar-refractivity contribution < 1.29 is 4.79 Å². The number of nitrogens with zero attached hydrogens (tertiary/aromatic N) is 4. The van der Waals surface area contributed by atoms with E-state index in [2.05, 4.69) is 45.6 Å². The Balaban J connectivity index is 1.42. The number of nitrogens with one attached hydrogen (secondary N) is 1. The molecule has 1 amide bonds. The maximum Gasteiger partial charge on any atom is 0.225 e. The topological polar surface area (TPSA) is 51.2 Å². The van der Waals surface area contributed by atoms with Crippen LogP contribution in [0.1, 0.15) is 46.0 Å². The zero-order chi connectivity index (χ0) is 19.8. The van der Waals surface area contributed by atoms with Gasteiger partial charge in [0.1, 0.15) is 0 Å². The minimum Gasteiger partial charge on any atom is -0.357 e. The van der Waals surface area contributed by atoms with Crippen LogP contribution in [-0.2, 0) is 4.79 Å². The highest BCUT2D eigenvalue weighted by molar-refractivity contribution is 8.00. The van der Waals surface area contributed by atoms with Crippen LogP contribution in [0.3, 0.4) is 0 Å². The molecule has 1 saturated carbocycles. The molecule has 28 heavy (non-hydrogen) atoms. The highest BCUT2D eigenvalue weighted by Crippen LogP contribution is 2.27. The molecule has 2 saturated heterocycles. The van der Waals surface area contributed by atoms with Crippen LogP contribution in [-0.4, -0.2) is 96.5 Å². The number of hydrogen-bond donors (Lipinski definition) is 1. The molecule has 1 unspecified atom stereocenters. The number of aliphatic imine (C=N–C) groups is 1. The molecular weight excluding hydrogens is 370 g/mol. The summed E-state index contributed by atoms with van der Waals surface area (Å²) in [5.41, 5.74) is 0. The second kappa shape index (κ2) is 11.3. The molecule has 160 valence electrons. The third-order valence-electron chi connectivity index (χ3n) is 6.29. The predicted molar refractivity (Wildman–Crippen MR) is 119 cm³/mol. The van der Waals surface area contributed by atoms with Gasteiger partial charge in [-0.25, -0.2) is 0 Å². The molecule has 0 aromatic heterocycles. The van der Waals surface area contributed by atoms with E-state index in [1.54, 1.807) is 0 Å². The van der Waals surface area contributed by atoms with Crippen molar-refractivity contribution in [1.82, 2.24) is 20.0 Å². The number of amides is 1. The standard InChI is InChI=1S/C21H39N5OS/c1-3-19-17-26(15-16-28-19)21(22-4-2)23-9-10-24-11-13-25(14-12-24)20(27)18-7-5-6-8-18/h18-19H,3-17H2,1-2H3,(H,22,23). The predicted octanol–water partition coefficient (Wildman–Crippen LogP) is 2.11. The van der Waals surface area contributed by atoms with E-state index >= 15 is 0 Å². The molecule has 0 bridgehead atoms. The molecule has 3 aliphatic rings. The average Bonchev–Trinajstić information content (AvgIpc) is 3.28. The molecule has 1 atom stereocenters. The van der Waals surface area contributed by atoms with Crippen molar-refractivity contribution in [2.24, 2.45) is 10.9 Å². The Bertz CT molecular complexity index is 515. The van der Waals surface area contributed by atoms with Gasteiger partial charge in [-0.2, -0.15) is 11.8 Å². The Morgan fingerprint density at radius 2 is 1.82 bits per heavy atom. The first-order valence-corrected chi connectivity index (χ1v) is 12.4. The van der Waals surface area contributed by atoms with Crippen LogP contribution < -0.4 is 5.32 Å². The van der Waals surface area contributed by atoms with Crippen molar-refractivity contribution in [1.29, 1.82) is 0 Å². The maximum atomic E-state index is 12.6. The zero-order valence-corrected chi connectivity index (χ0v) is 18.7. The fourth-order valence-corrected chi connectivity index (χ4v) is 5.68. The van der Waals surface area contributed by atoms with Crippen molar-refractivity contribution in [3.63, 3.8) is 0 Å². The van der Waals surface area contributed by atoms with Crippen molar-refractivity contribution in [3.05, 3.63) is 0 Å². The summed E-state index contributed by atoms with van der Waals surface area (Å²) in [5, 5.41) is 4.21. The Kier molecular flexibility index (Phi) is 8.77. The van der Waals surface area contributed by atoms with E-state index in [0.717, 1.165) is 83.0 Å². The van der Waals surface area contributed by atoms with Crippen molar-refractivity contribution in [3.8, 4) is 0 Å². The van der Waals surface area contributed by atoms with E-state index in [9.17, 15) is 4.79 Å². The SMILES string of the molecule is CCNC(=NCCN1CCN(C(=O)C2CCCC2)CC1)N1CCSC(CC)C1. The number of carbonyl (C=O) groups excluding carboxylic acids is 1. The van der Waals surface area contributed by atoms with E-state index in [0.29, 0.717) is 11.8 Å². The minimum absolute atomic E-state index is 0.313. The summed E-state index contributed by atoms with van der Waals surface area (Å²) < 4.78 is 0. The molecule has 2 heterocycles. The van der Waals surface area contributed by atoms with Gasteiger partial charge in [-0.3, -0.25) is 14.7 Å². The maximum absolute atomic E-state index is 12.6. The highest BCUT2D eigenvalue weighted by Gasteiger charge is 2.29. The number of thioether (sulfide) groups is 1. The molecule has 0 aromatic carbocycles.